The second-order valence-electron chi connectivity index (χ2n) is 4.62. The summed E-state index contributed by atoms with van der Waals surface area (Å²) in [5.41, 5.74) is 0. The van der Waals surface area contributed by atoms with Gasteiger partial charge in [-0.3, -0.25) is 0 Å². The number of thiophene rings is 1. The summed E-state index contributed by atoms with van der Waals surface area (Å²) in [5.74, 6) is -1.09. The summed E-state index contributed by atoms with van der Waals surface area (Å²) in [4.78, 5) is 10.9. The number of hydrogen-bond donors (Lipinski definition) is 1. The highest BCUT2D eigenvalue weighted by Gasteiger charge is 2.38. The molecule has 0 atom stereocenters. The van der Waals surface area contributed by atoms with Gasteiger partial charge in [-0.25, -0.2) is 13.2 Å². The summed E-state index contributed by atoms with van der Waals surface area (Å²) in [5, 5.41) is 8.87. The second kappa shape index (κ2) is 5.60. The summed E-state index contributed by atoms with van der Waals surface area (Å²) in [6, 6.07) is 2.85. The number of unbranched alkanes of at least 4 members (excludes halogenated alkanes) is 1. The maximum absolute atomic E-state index is 12.5. The van der Waals surface area contributed by atoms with Gasteiger partial charge in [0, 0.05) is 12.6 Å². The number of rotatable bonds is 7. The van der Waals surface area contributed by atoms with E-state index in [0.29, 0.717) is 6.54 Å². The zero-order valence-corrected chi connectivity index (χ0v) is 12.3. The second-order valence-corrected chi connectivity index (χ2v) is 7.83. The minimum Gasteiger partial charge on any atom is -0.477 e. The maximum atomic E-state index is 12.5. The molecular weight excluding hydrogens is 286 g/mol. The molecule has 1 heterocycles. The molecule has 0 unspecified atom stereocenters. The summed E-state index contributed by atoms with van der Waals surface area (Å²) in [6.45, 7) is 2.54. The molecule has 106 valence electrons. The van der Waals surface area contributed by atoms with E-state index in [1.165, 1.54) is 16.4 Å². The first-order chi connectivity index (χ1) is 8.96. The summed E-state index contributed by atoms with van der Waals surface area (Å²) in [7, 11) is -3.53. The Balaban J connectivity index is 2.25. The van der Waals surface area contributed by atoms with E-state index in [-0.39, 0.29) is 15.1 Å². The lowest BCUT2D eigenvalue weighted by Gasteiger charge is -2.20. The first-order valence-corrected chi connectivity index (χ1v) is 8.57. The highest BCUT2D eigenvalue weighted by Crippen LogP contribution is 2.34. The van der Waals surface area contributed by atoms with Crippen LogP contribution >= 0.6 is 11.3 Å². The normalized spacial score (nSPS) is 15.9. The zero-order chi connectivity index (χ0) is 14.0. The Labute approximate surface area is 116 Å². The van der Waals surface area contributed by atoms with E-state index in [9.17, 15) is 13.2 Å². The van der Waals surface area contributed by atoms with Crippen molar-refractivity contribution in [2.24, 2.45) is 0 Å². The van der Waals surface area contributed by atoms with Crippen molar-refractivity contribution in [1.29, 1.82) is 0 Å². The van der Waals surface area contributed by atoms with Crippen molar-refractivity contribution in [3.8, 4) is 0 Å². The average molecular weight is 303 g/mol. The van der Waals surface area contributed by atoms with Crippen LogP contribution in [-0.2, 0) is 10.0 Å². The predicted octanol–water partition coefficient (Wildman–Crippen LogP) is 2.40. The Morgan fingerprint density at radius 3 is 2.63 bits per heavy atom. The summed E-state index contributed by atoms with van der Waals surface area (Å²) < 4.78 is 26.7. The lowest BCUT2D eigenvalue weighted by Crippen LogP contribution is -2.33. The number of carboxylic acids is 1. The van der Waals surface area contributed by atoms with Crippen molar-refractivity contribution in [2.75, 3.05) is 6.54 Å². The molecule has 0 spiro atoms. The molecule has 7 heteroatoms. The minimum atomic E-state index is -3.53. The van der Waals surface area contributed by atoms with E-state index in [1.807, 2.05) is 6.92 Å². The third-order valence-electron chi connectivity index (χ3n) is 3.04. The number of aromatic carboxylic acids is 1. The third-order valence-corrected chi connectivity index (χ3v) is 6.53. The SMILES string of the molecule is CCCCN(C1CC1)S(=O)(=O)c1ccc(C(=O)O)s1. The molecule has 1 N–H and O–H groups in total. The fourth-order valence-electron chi connectivity index (χ4n) is 1.86. The summed E-state index contributed by atoms with van der Waals surface area (Å²) in [6.07, 6.45) is 3.57. The number of hydrogen-bond acceptors (Lipinski definition) is 4. The van der Waals surface area contributed by atoms with Gasteiger partial charge in [-0.2, -0.15) is 4.31 Å². The molecule has 1 fully saturated rings. The molecular formula is C12H17NO4S2. The number of sulfonamides is 1. The molecule has 19 heavy (non-hydrogen) atoms. The Bertz CT molecular complexity index is 560. The van der Waals surface area contributed by atoms with Gasteiger partial charge in [-0.05, 0) is 31.4 Å². The molecule has 0 aliphatic heterocycles. The maximum Gasteiger partial charge on any atom is 0.345 e. The molecule has 1 aromatic rings. The highest BCUT2D eigenvalue weighted by atomic mass is 32.2. The van der Waals surface area contributed by atoms with Crippen LogP contribution in [0.4, 0.5) is 0 Å². The topological polar surface area (TPSA) is 74.7 Å². The van der Waals surface area contributed by atoms with Crippen LogP contribution in [0.1, 0.15) is 42.3 Å². The first kappa shape index (κ1) is 14.5. The van der Waals surface area contributed by atoms with Crippen LogP contribution in [0.5, 0.6) is 0 Å². The molecule has 0 amide bonds. The van der Waals surface area contributed by atoms with E-state index in [2.05, 4.69) is 0 Å². The minimum absolute atomic E-state index is 0.0600. The van der Waals surface area contributed by atoms with Gasteiger partial charge in [0.1, 0.15) is 9.09 Å². The van der Waals surface area contributed by atoms with E-state index >= 15 is 0 Å². The van der Waals surface area contributed by atoms with Crippen molar-refractivity contribution in [2.45, 2.75) is 42.9 Å². The van der Waals surface area contributed by atoms with Gasteiger partial charge in [0.15, 0.2) is 0 Å². The van der Waals surface area contributed by atoms with Crippen LogP contribution in [0.15, 0.2) is 16.3 Å². The van der Waals surface area contributed by atoms with Gasteiger partial charge >= 0.3 is 5.97 Å². The fraction of sp³-hybridized carbons (Fsp3) is 0.583. The van der Waals surface area contributed by atoms with Gasteiger partial charge in [-0.1, -0.05) is 13.3 Å². The van der Waals surface area contributed by atoms with Gasteiger partial charge in [0.2, 0.25) is 0 Å². The molecule has 1 aromatic heterocycles. The smallest absolute Gasteiger partial charge is 0.345 e. The van der Waals surface area contributed by atoms with E-state index < -0.39 is 16.0 Å². The standard InChI is InChI=1S/C12H17NO4S2/c1-2-3-8-13(9-4-5-9)19(16,17)11-7-6-10(18-11)12(14)15/h6-7,9H,2-5,8H2,1H3,(H,14,15). The van der Waals surface area contributed by atoms with Gasteiger partial charge in [0.05, 0.1) is 0 Å². The highest BCUT2D eigenvalue weighted by molar-refractivity contribution is 7.91. The largest absolute Gasteiger partial charge is 0.477 e. The lowest BCUT2D eigenvalue weighted by atomic mass is 10.3. The molecule has 5 nitrogen and oxygen atoms in total. The molecule has 1 aliphatic rings. The molecule has 0 aromatic carbocycles. The molecule has 2 rings (SSSR count). The molecule has 0 radical (unpaired) electrons. The van der Waals surface area contributed by atoms with Crippen LogP contribution in [0.25, 0.3) is 0 Å². The Kier molecular flexibility index (Phi) is 4.27. The van der Waals surface area contributed by atoms with Gasteiger partial charge in [-0.15, -0.1) is 11.3 Å². The lowest BCUT2D eigenvalue weighted by molar-refractivity contribution is 0.0702. The number of carbonyl (C=O) groups is 1. The third kappa shape index (κ3) is 3.16. The quantitative estimate of drug-likeness (QED) is 0.839. The van der Waals surface area contributed by atoms with E-state index in [4.69, 9.17) is 5.11 Å². The van der Waals surface area contributed by atoms with Crippen LogP contribution in [-0.4, -0.2) is 36.4 Å². The predicted molar refractivity (Wildman–Crippen MR) is 73.1 cm³/mol. The van der Waals surface area contributed by atoms with Crippen molar-refractivity contribution < 1.29 is 18.3 Å². The van der Waals surface area contributed by atoms with Crippen LogP contribution in [0, 0.1) is 0 Å². The molecule has 1 saturated carbocycles. The zero-order valence-electron chi connectivity index (χ0n) is 10.7. The molecule has 1 aliphatic carbocycles. The van der Waals surface area contributed by atoms with Crippen LogP contribution in [0.2, 0.25) is 0 Å². The Morgan fingerprint density at radius 1 is 1.47 bits per heavy atom. The number of carboxylic acid groups (broad SMARTS) is 1. The van der Waals surface area contributed by atoms with Crippen LogP contribution in [0.3, 0.4) is 0 Å². The Hall–Kier alpha value is -0.920. The fourth-order valence-corrected chi connectivity index (χ4v) is 4.86. The van der Waals surface area contributed by atoms with E-state index in [1.54, 1.807) is 0 Å². The molecule has 0 saturated heterocycles. The average Bonchev–Trinajstić information content (AvgIpc) is 3.04. The summed E-state index contributed by atoms with van der Waals surface area (Å²) >= 11 is 0.826. The van der Waals surface area contributed by atoms with Crippen molar-refractivity contribution in [1.82, 2.24) is 4.31 Å². The van der Waals surface area contributed by atoms with Crippen molar-refractivity contribution in [3.63, 3.8) is 0 Å². The Morgan fingerprint density at radius 2 is 2.16 bits per heavy atom. The van der Waals surface area contributed by atoms with Crippen molar-refractivity contribution >= 4 is 27.3 Å². The first-order valence-electron chi connectivity index (χ1n) is 6.31. The van der Waals surface area contributed by atoms with E-state index in [0.717, 1.165) is 37.0 Å². The molecule has 0 bridgehead atoms. The monoisotopic (exact) mass is 303 g/mol. The van der Waals surface area contributed by atoms with Crippen molar-refractivity contribution in [3.05, 3.63) is 17.0 Å². The van der Waals surface area contributed by atoms with Crippen LogP contribution < -0.4 is 0 Å². The van der Waals surface area contributed by atoms with Gasteiger partial charge < -0.3 is 5.11 Å². The van der Waals surface area contributed by atoms with Gasteiger partial charge in [0.25, 0.3) is 10.0 Å². The number of nitrogens with zero attached hydrogens (tertiary/aromatic N) is 1.